The number of hydrogen-bond donors (Lipinski definition) is 1. The lowest BCUT2D eigenvalue weighted by Crippen LogP contribution is -1.92. The molecule has 2 aromatic carbocycles. The Morgan fingerprint density at radius 3 is 2.40 bits per heavy atom. The van der Waals surface area contributed by atoms with Gasteiger partial charge in [-0.25, -0.2) is 9.18 Å². The molecule has 20 heavy (non-hydrogen) atoms. The Kier molecular flexibility index (Phi) is 2.90. The van der Waals surface area contributed by atoms with Crippen LogP contribution in [0.5, 0.6) is 0 Å². The maximum Gasteiger partial charge on any atom is 0.328 e. The van der Waals surface area contributed by atoms with Gasteiger partial charge in [0.05, 0.1) is 0 Å². The second kappa shape index (κ2) is 4.60. The summed E-state index contributed by atoms with van der Waals surface area (Å²) in [6.07, 6.45) is 2.03. The molecule has 1 N–H and O–H groups in total. The van der Waals surface area contributed by atoms with Crippen LogP contribution in [0.3, 0.4) is 0 Å². The predicted molar refractivity (Wildman–Crippen MR) is 75.9 cm³/mol. The van der Waals surface area contributed by atoms with Crippen molar-refractivity contribution in [2.45, 2.75) is 13.3 Å². The van der Waals surface area contributed by atoms with E-state index in [-0.39, 0.29) is 5.82 Å². The van der Waals surface area contributed by atoms with Gasteiger partial charge in [0.1, 0.15) is 5.82 Å². The molecule has 0 bridgehead atoms. The summed E-state index contributed by atoms with van der Waals surface area (Å²) < 4.78 is 13.5. The summed E-state index contributed by atoms with van der Waals surface area (Å²) in [4.78, 5) is 11.0. The molecule has 1 aliphatic carbocycles. The van der Waals surface area contributed by atoms with E-state index in [2.05, 4.69) is 0 Å². The van der Waals surface area contributed by atoms with Crippen LogP contribution in [0.4, 0.5) is 4.39 Å². The van der Waals surface area contributed by atoms with Crippen molar-refractivity contribution in [3.63, 3.8) is 0 Å². The fourth-order valence-corrected chi connectivity index (χ4v) is 2.67. The van der Waals surface area contributed by atoms with Gasteiger partial charge >= 0.3 is 5.97 Å². The number of rotatable bonds is 2. The Morgan fingerprint density at radius 1 is 1.10 bits per heavy atom. The standard InChI is InChI=1S/C17H13FO2/c1-2-10-3-5-12-13-6-4-11(18)8-15(13)16(9-17(19)20)14(12)7-10/h3-9H,2H2,1H3,(H,19,20)/b16-9+. The summed E-state index contributed by atoms with van der Waals surface area (Å²) in [5, 5.41) is 9.05. The topological polar surface area (TPSA) is 37.3 Å². The van der Waals surface area contributed by atoms with Gasteiger partial charge in [0.25, 0.3) is 0 Å². The van der Waals surface area contributed by atoms with Crippen LogP contribution < -0.4 is 0 Å². The smallest absolute Gasteiger partial charge is 0.328 e. The molecule has 1 aliphatic rings. The highest BCUT2D eigenvalue weighted by Gasteiger charge is 2.24. The van der Waals surface area contributed by atoms with Gasteiger partial charge in [-0.05, 0) is 51.9 Å². The SMILES string of the molecule is CCc1ccc2c(c1)/C(=C\C(=O)O)c1cc(F)ccc1-2. The van der Waals surface area contributed by atoms with Crippen molar-refractivity contribution in [3.8, 4) is 11.1 Å². The van der Waals surface area contributed by atoms with Gasteiger partial charge in [0.2, 0.25) is 0 Å². The number of benzene rings is 2. The number of carbonyl (C=O) groups is 1. The quantitative estimate of drug-likeness (QED) is 0.716. The molecular formula is C17H13FO2. The third kappa shape index (κ3) is 1.92. The van der Waals surface area contributed by atoms with Crippen LogP contribution in [0.25, 0.3) is 16.7 Å². The van der Waals surface area contributed by atoms with Crippen molar-refractivity contribution in [1.82, 2.24) is 0 Å². The minimum atomic E-state index is -1.02. The molecule has 0 aliphatic heterocycles. The monoisotopic (exact) mass is 268 g/mol. The van der Waals surface area contributed by atoms with Crippen LogP contribution in [0.2, 0.25) is 0 Å². The van der Waals surface area contributed by atoms with E-state index in [1.807, 2.05) is 25.1 Å². The Morgan fingerprint density at radius 2 is 1.75 bits per heavy atom. The predicted octanol–water partition coefficient (Wildman–Crippen LogP) is 3.88. The van der Waals surface area contributed by atoms with Gasteiger partial charge in [-0.1, -0.05) is 31.2 Å². The zero-order chi connectivity index (χ0) is 14.3. The number of aryl methyl sites for hydroxylation is 1. The minimum absolute atomic E-state index is 0.358. The molecule has 0 amide bonds. The van der Waals surface area contributed by atoms with Crippen LogP contribution in [-0.4, -0.2) is 11.1 Å². The molecular weight excluding hydrogens is 255 g/mol. The lowest BCUT2D eigenvalue weighted by Gasteiger charge is -2.04. The molecule has 2 aromatic rings. The summed E-state index contributed by atoms with van der Waals surface area (Å²) >= 11 is 0. The molecule has 100 valence electrons. The van der Waals surface area contributed by atoms with Crippen LogP contribution in [0, 0.1) is 5.82 Å². The van der Waals surface area contributed by atoms with Crippen LogP contribution in [0.15, 0.2) is 42.5 Å². The highest BCUT2D eigenvalue weighted by Crippen LogP contribution is 2.44. The molecule has 3 rings (SSSR count). The third-order valence-electron chi connectivity index (χ3n) is 3.61. The lowest BCUT2D eigenvalue weighted by atomic mass is 10.0. The largest absolute Gasteiger partial charge is 0.478 e. The van der Waals surface area contributed by atoms with Gasteiger partial charge in [0, 0.05) is 6.08 Å². The van der Waals surface area contributed by atoms with E-state index >= 15 is 0 Å². The summed E-state index contributed by atoms with van der Waals surface area (Å²) in [7, 11) is 0. The Labute approximate surface area is 116 Å². The maximum atomic E-state index is 13.5. The Bertz CT molecular complexity index is 745. The lowest BCUT2D eigenvalue weighted by molar-refractivity contribution is -0.131. The molecule has 3 heteroatoms. The summed E-state index contributed by atoms with van der Waals surface area (Å²) in [5.41, 5.74) is 5.08. The van der Waals surface area contributed by atoms with Gasteiger partial charge in [-0.3, -0.25) is 0 Å². The normalized spacial score (nSPS) is 14.2. The molecule has 0 atom stereocenters. The van der Waals surface area contributed by atoms with E-state index in [1.165, 1.54) is 12.1 Å². The number of aliphatic carboxylic acids is 1. The first-order valence-electron chi connectivity index (χ1n) is 6.48. The average Bonchev–Trinajstić information content (AvgIpc) is 2.71. The highest BCUT2D eigenvalue weighted by molar-refractivity contribution is 6.06. The number of carboxylic acid groups (broad SMARTS) is 1. The number of carboxylic acids is 1. The van der Waals surface area contributed by atoms with Gasteiger partial charge in [-0.15, -0.1) is 0 Å². The van der Waals surface area contributed by atoms with Crippen molar-refractivity contribution in [3.05, 3.63) is 65.0 Å². The second-order valence-corrected chi connectivity index (χ2v) is 4.82. The molecule has 0 saturated heterocycles. The van der Waals surface area contributed by atoms with Crippen LogP contribution in [-0.2, 0) is 11.2 Å². The number of fused-ring (bicyclic) bond motifs is 3. The van der Waals surface area contributed by atoms with E-state index in [4.69, 9.17) is 5.11 Å². The highest BCUT2D eigenvalue weighted by atomic mass is 19.1. The Balaban J connectivity index is 2.31. The summed E-state index contributed by atoms with van der Waals surface area (Å²) in [6.45, 7) is 2.05. The molecule has 0 spiro atoms. The summed E-state index contributed by atoms with van der Waals surface area (Å²) in [6, 6.07) is 10.5. The Hall–Kier alpha value is -2.42. The maximum absolute atomic E-state index is 13.5. The van der Waals surface area contributed by atoms with Crippen molar-refractivity contribution >= 4 is 11.5 Å². The van der Waals surface area contributed by atoms with Crippen molar-refractivity contribution in [2.24, 2.45) is 0 Å². The average molecular weight is 268 g/mol. The third-order valence-corrected chi connectivity index (χ3v) is 3.61. The van der Waals surface area contributed by atoms with E-state index in [0.717, 1.165) is 34.8 Å². The van der Waals surface area contributed by atoms with E-state index < -0.39 is 5.97 Å². The molecule has 0 fully saturated rings. The first-order valence-corrected chi connectivity index (χ1v) is 6.48. The van der Waals surface area contributed by atoms with Gasteiger partial charge < -0.3 is 5.11 Å². The van der Waals surface area contributed by atoms with Crippen molar-refractivity contribution < 1.29 is 14.3 Å². The van der Waals surface area contributed by atoms with Gasteiger partial charge in [-0.2, -0.15) is 0 Å². The molecule has 0 unspecified atom stereocenters. The zero-order valence-electron chi connectivity index (χ0n) is 11.0. The minimum Gasteiger partial charge on any atom is -0.478 e. The van der Waals surface area contributed by atoms with Crippen LogP contribution in [0.1, 0.15) is 23.6 Å². The zero-order valence-corrected chi connectivity index (χ0v) is 11.0. The van der Waals surface area contributed by atoms with E-state index in [0.29, 0.717) is 11.1 Å². The first kappa shape index (κ1) is 12.6. The molecule has 0 radical (unpaired) electrons. The molecule has 0 aromatic heterocycles. The van der Waals surface area contributed by atoms with E-state index in [1.54, 1.807) is 6.07 Å². The van der Waals surface area contributed by atoms with Gasteiger partial charge in [0.15, 0.2) is 0 Å². The van der Waals surface area contributed by atoms with Crippen molar-refractivity contribution in [1.29, 1.82) is 0 Å². The molecule has 0 saturated carbocycles. The molecule has 2 nitrogen and oxygen atoms in total. The second-order valence-electron chi connectivity index (χ2n) is 4.82. The number of hydrogen-bond acceptors (Lipinski definition) is 1. The summed E-state index contributed by atoms with van der Waals surface area (Å²) in [5.74, 6) is -1.38. The molecule has 0 heterocycles. The van der Waals surface area contributed by atoms with Crippen molar-refractivity contribution in [2.75, 3.05) is 0 Å². The fourth-order valence-electron chi connectivity index (χ4n) is 2.67. The van der Waals surface area contributed by atoms with E-state index in [9.17, 15) is 9.18 Å². The fraction of sp³-hybridized carbons (Fsp3) is 0.118. The first-order chi connectivity index (χ1) is 9.60. The number of halogens is 1. The van der Waals surface area contributed by atoms with Crippen LogP contribution >= 0.6 is 0 Å².